The van der Waals surface area contributed by atoms with Gasteiger partial charge in [0.1, 0.15) is 11.5 Å². The molecule has 0 unspecified atom stereocenters. The second kappa shape index (κ2) is 5.12. The highest BCUT2D eigenvalue weighted by molar-refractivity contribution is 9.08. The molecule has 0 saturated heterocycles. The minimum atomic E-state index is -2.76. The molecular weight excluding hydrogens is 273 g/mol. The second-order valence-corrected chi connectivity index (χ2v) is 3.30. The van der Waals surface area contributed by atoms with Crippen molar-refractivity contribution in [2.75, 3.05) is 0 Å². The van der Waals surface area contributed by atoms with Crippen LogP contribution in [0.1, 0.15) is 23.4 Å². The van der Waals surface area contributed by atoms with Crippen LogP contribution in [0.2, 0.25) is 0 Å². The van der Waals surface area contributed by atoms with E-state index in [1.807, 2.05) is 0 Å². The number of halogens is 4. The Labute approximate surface area is 92.9 Å². The van der Waals surface area contributed by atoms with Crippen LogP contribution in [0.3, 0.4) is 0 Å². The van der Waals surface area contributed by atoms with E-state index in [4.69, 9.17) is 5.26 Å². The van der Waals surface area contributed by atoms with Crippen molar-refractivity contribution in [1.82, 2.24) is 4.98 Å². The summed E-state index contributed by atoms with van der Waals surface area (Å²) in [7, 11) is 0. The maximum Gasteiger partial charge on any atom is 0.280 e. The molecule has 6 heteroatoms. The lowest BCUT2D eigenvalue weighted by atomic mass is 10.1. The molecule has 80 valence electrons. The van der Waals surface area contributed by atoms with Crippen molar-refractivity contribution in [3.63, 3.8) is 0 Å². The van der Waals surface area contributed by atoms with Crippen LogP contribution in [0, 0.1) is 17.1 Å². The molecular formula is C9H6BrF3N2. The van der Waals surface area contributed by atoms with E-state index in [2.05, 4.69) is 20.9 Å². The second-order valence-electron chi connectivity index (χ2n) is 2.74. The number of aromatic nitrogens is 1. The molecule has 15 heavy (non-hydrogen) atoms. The van der Waals surface area contributed by atoms with Gasteiger partial charge in [0.05, 0.1) is 18.2 Å². The number of pyridine rings is 1. The molecule has 0 atom stereocenters. The molecule has 0 saturated carbocycles. The predicted molar refractivity (Wildman–Crippen MR) is 51.1 cm³/mol. The normalized spacial score (nSPS) is 10.4. The number of hydrogen-bond donors (Lipinski definition) is 0. The van der Waals surface area contributed by atoms with Crippen molar-refractivity contribution >= 4 is 15.9 Å². The molecule has 0 bridgehead atoms. The van der Waals surface area contributed by atoms with E-state index in [0.29, 0.717) is 0 Å². The lowest BCUT2D eigenvalue weighted by Gasteiger charge is -2.06. The van der Waals surface area contributed by atoms with Gasteiger partial charge in [-0.25, -0.2) is 18.2 Å². The first-order valence-electron chi connectivity index (χ1n) is 3.99. The van der Waals surface area contributed by atoms with E-state index >= 15 is 0 Å². The summed E-state index contributed by atoms with van der Waals surface area (Å²) in [5, 5.41) is 8.44. The molecule has 0 aliphatic heterocycles. The highest BCUT2D eigenvalue weighted by atomic mass is 79.9. The minimum Gasteiger partial charge on any atom is -0.248 e. The Morgan fingerprint density at radius 1 is 1.53 bits per heavy atom. The molecule has 1 aromatic heterocycles. The summed E-state index contributed by atoms with van der Waals surface area (Å²) in [4.78, 5) is 3.45. The van der Waals surface area contributed by atoms with Crippen molar-refractivity contribution in [2.45, 2.75) is 18.2 Å². The third-order valence-electron chi connectivity index (χ3n) is 1.74. The van der Waals surface area contributed by atoms with E-state index in [9.17, 15) is 13.2 Å². The highest BCUT2D eigenvalue weighted by Crippen LogP contribution is 2.22. The van der Waals surface area contributed by atoms with Gasteiger partial charge in [-0.05, 0) is 6.07 Å². The van der Waals surface area contributed by atoms with Crippen LogP contribution in [0.5, 0.6) is 0 Å². The van der Waals surface area contributed by atoms with Crippen LogP contribution < -0.4 is 0 Å². The summed E-state index contributed by atoms with van der Waals surface area (Å²) in [5.41, 5.74) is -0.647. The first kappa shape index (κ1) is 12.0. The van der Waals surface area contributed by atoms with Gasteiger partial charge in [-0.15, -0.1) is 0 Å². The van der Waals surface area contributed by atoms with Gasteiger partial charge in [0, 0.05) is 10.9 Å². The first-order valence-corrected chi connectivity index (χ1v) is 5.11. The van der Waals surface area contributed by atoms with Crippen LogP contribution >= 0.6 is 15.9 Å². The summed E-state index contributed by atoms with van der Waals surface area (Å²) >= 11 is 2.95. The summed E-state index contributed by atoms with van der Waals surface area (Å²) < 4.78 is 38.1. The van der Waals surface area contributed by atoms with E-state index in [-0.39, 0.29) is 23.0 Å². The summed E-state index contributed by atoms with van der Waals surface area (Å²) in [6, 6.07) is 2.64. The fourth-order valence-electron chi connectivity index (χ4n) is 1.08. The molecule has 0 aromatic carbocycles. The van der Waals surface area contributed by atoms with Gasteiger partial charge in [-0.2, -0.15) is 5.26 Å². The number of alkyl halides is 3. The van der Waals surface area contributed by atoms with Gasteiger partial charge in [0.25, 0.3) is 6.43 Å². The standard InChI is InChI=1S/C9H6BrF3N2/c10-4-7-8(11)5(1-2-14)3-6(15-7)9(12)13/h3,9H,1,4H2. The van der Waals surface area contributed by atoms with Crippen molar-refractivity contribution in [1.29, 1.82) is 5.26 Å². The molecule has 1 rings (SSSR count). The van der Waals surface area contributed by atoms with Gasteiger partial charge in [0.15, 0.2) is 0 Å². The molecule has 0 aliphatic carbocycles. The summed E-state index contributed by atoms with van der Waals surface area (Å²) in [5.74, 6) is -0.696. The van der Waals surface area contributed by atoms with Crippen molar-refractivity contribution in [2.24, 2.45) is 0 Å². The molecule has 0 aliphatic rings. The van der Waals surface area contributed by atoms with Gasteiger partial charge >= 0.3 is 0 Å². The smallest absolute Gasteiger partial charge is 0.248 e. The van der Waals surface area contributed by atoms with Crippen LogP contribution in [0.25, 0.3) is 0 Å². The maximum atomic E-state index is 13.4. The Morgan fingerprint density at radius 2 is 2.20 bits per heavy atom. The fourth-order valence-corrected chi connectivity index (χ4v) is 1.45. The monoisotopic (exact) mass is 278 g/mol. The highest BCUT2D eigenvalue weighted by Gasteiger charge is 2.16. The van der Waals surface area contributed by atoms with E-state index in [1.54, 1.807) is 6.07 Å². The third-order valence-corrected chi connectivity index (χ3v) is 2.27. The average Bonchev–Trinajstić information content (AvgIpc) is 2.21. The SMILES string of the molecule is N#CCc1cc(C(F)F)nc(CBr)c1F. The quantitative estimate of drug-likeness (QED) is 0.797. The summed E-state index contributed by atoms with van der Waals surface area (Å²) in [6.45, 7) is 0. The van der Waals surface area contributed by atoms with Crippen LogP contribution in [0.15, 0.2) is 6.07 Å². The van der Waals surface area contributed by atoms with E-state index in [1.165, 1.54) is 0 Å². The Balaban J connectivity index is 3.26. The van der Waals surface area contributed by atoms with Crippen molar-refractivity contribution < 1.29 is 13.2 Å². The van der Waals surface area contributed by atoms with Gasteiger partial charge in [0.2, 0.25) is 0 Å². The van der Waals surface area contributed by atoms with Crippen molar-refractivity contribution in [3.05, 3.63) is 28.8 Å². The van der Waals surface area contributed by atoms with E-state index in [0.717, 1.165) is 6.07 Å². The largest absolute Gasteiger partial charge is 0.280 e. The molecule has 0 spiro atoms. The number of hydrogen-bond acceptors (Lipinski definition) is 2. The molecule has 0 N–H and O–H groups in total. The fraction of sp³-hybridized carbons (Fsp3) is 0.333. The Morgan fingerprint density at radius 3 is 2.67 bits per heavy atom. The molecule has 1 aromatic rings. The lowest BCUT2D eigenvalue weighted by Crippen LogP contribution is -2.03. The van der Waals surface area contributed by atoms with E-state index < -0.39 is 17.9 Å². The van der Waals surface area contributed by atoms with Gasteiger partial charge < -0.3 is 0 Å². The zero-order valence-corrected chi connectivity index (χ0v) is 9.06. The summed E-state index contributed by atoms with van der Waals surface area (Å²) in [6.07, 6.45) is -3.01. The first-order chi connectivity index (χ1) is 7.10. The zero-order chi connectivity index (χ0) is 11.4. The van der Waals surface area contributed by atoms with Gasteiger partial charge in [-0.1, -0.05) is 15.9 Å². The van der Waals surface area contributed by atoms with Gasteiger partial charge in [-0.3, -0.25) is 0 Å². The number of rotatable bonds is 3. The van der Waals surface area contributed by atoms with Crippen LogP contribution in [-0.4, -0.2) is 4.98 Å². The molecule has 0 fully saturated rings. The number of nitriles is 1. The minimum absolute atomic E-state index is 0.0395. The average molecular weight is 279 g/mol. The molecule has 0 amide bonds. The molecule has 1 heterocycles. The predicted octanol–water partition coefficient (Wildman–Crippen LogP) is 3.12. The maximum absolute atomic E-state index is 13.4. The molecule has 2 nitrogen and oxygen atoms in total. The zero-order valence-electron chi connectivity index (χ0n) is 7.48. The lowest BCUT2D eigenvalue weighted by molar-refractivity contribution is 0.145. The Bertz CT molecular complexity index is 401. The third kappa shape index (κ3) is 2.69. The van der Waals surface area contributed by atoms with Crippen LogP contribution in [-0.2, 0) is 11.8 Å². The van der Waals surface area contributed by atoms with Crippen LogP contribution in [0.4, 0.5) is 13.2 Å². The van der Waals surface area contributed by atoms with Crippen molar-refractivity contribution in [3.8, 4) is 6.07 Å². The molecule has 0 radical (unpaired) electrons. The Kier molecular flexibility index (Phi) is 4.09. The number of nitrogens with zero attached hydrogens (tertiary/aromatic N) is 2. The topological polar surface area (TPSA) is 36.7 Å². The Hall–Kier alpha value is -1.09.